The van der Waals surface area contributed by atoms with E-state index in [0.717, 1.165) is 5.56 Å². The average molecular weight is 194 g/mol. The molecule has 14 heavy (non-hydrogen) atoms. The Balaban J connectivity index is 2.75. The monoisotopic (exact) mass is 194 g/mol. The molecule has 0 aliphatic rings. The molecule has 1 aromatic carbocycles. The van der Waals surface area contributed by atoms with E-state index in [9.17, 15) is 9.90 Å². The van der Waals surface area contributed by atoms with E-state index in [1.54, 1.807) is 25.2 Å². The molecule has 0 aromatic heterocycles. The Hall–Kier alpha value is -1.55. The molecule has 0 unspecified atom stereocenters. The Kier molecular flexibility index (Phi) is 3.48. The summed E-state index contributed by atoms with van der Waals surface area (Å²) in [5.41, 5.74) is 1.44. The van der Waals surface area contributed by atoms with Crippen molar-refractivity contribution < 1.29 is 9.90 Å². The number of aryl methyl sites for hydroxylation is 1. The van der Waals surface area contributed by atoms with Crippen LogP contribution in [0.25, 0.3) is 0 Å². The molecule has 0 saturated heterocycles. The number of phenolic OH excluding ortho intramolecular Hbond substituents is 1. The zero-order chi connectivity index (χ0) is 10.6. The van der Waals surface area contributed by atoms with Crippen molar-refractivity contribution in [3.8, 4) is 5.75 Å². The topological polar surface area (TPSA) is 61.4 Å². The molecule has 0 atom stereocenters. The number of aromatic hydroxyl groups is 1. The average Bonchev–Trinajstić information content (AvgIpc) is 2.12. The van der Waals surface area contributed by atoms with E-state index in [0.29, 0.717) is 5.69 Å². The molecule has 3 N–H and O–H groups in total. The molecule has 0 spiro atoms. The first-order chi connectivity index (χ1) is 6.63. The standard InChI is InChI=1S/C10H14N2O2/c1-7-3-4-9(13)8(5-7)12-10(14)6-11-2/h3-5,11,13H,6H2,1-2H3,(H,12,14). The summed E-state index contributed by atoms with van der Waals surface area (Å²) < 4.78 is 0. The fraction of sp³-hybridized carbons (Fsp3) is 0.300. The summed E-state index contributed by atoms with van der Waals surface area (Å²) >= 11 is 0. The van der Waals surface area contributed by atoms with E-state index in [1.165, 1.54) is 0 Å². The fourth-order valence-corrected chi connectivity index (χ4v) is 1.10. The van der Waals surface area contributed by atoms with Crippen molar-refractivity contribution in [2.45, 2.75) is 6.92 Å². The highest BCUT2D eigenvalue weighted by Gasteiger charge is 2.04. The lowest BCUT2D eigenvalue weighted by Crippen LogP contribution is -2.25. The van der Waals surface area contributed by atoms with Crippen LogP contribution in [0.5, 0.6) is 5.75 Å². The second kappa shape index (κ2) is 4.62. The molecule has 0 radical (unpaired) electrons. The van der Waals surface area contributed by atoms with Crippen molar-refractivity contribution in [2.75, 3.05) is 18.9 Å². The van der Waals surface area contributed by atoms with Gasteiger partial charge in [-0.2, -0.15) is 0 Å². The van der Waals surface area contributed by atoms with Crippen molar-refractivity contribution in [3.05, 3.63) is 23.8 Å². The minimum absolute atomic E-state index is 0.0834. The quantitative estimate of drug-likeness (QED) is 0.625. The molecule has 0 fully saturated rings. The number of rotatable bonds is 3. The van der Waals surface area contributed by atoms with Gasteiger partial charge in [0.05, 0.1) is 12.2 Å². The molecule has 0 bridgehead atoms. The summed E-state index contributed by atoms with van der Waals surface area (Å²) in [7, 11) is 1.69. The molecular weight excluding hydrogens is 180 g/mol. The number of amides is 1. The third kappa shape index (κ3) is 2.74. The maximum atomic E-state index is 11.2. The smallest absolute Gasteiger partial charge is 0.238 e. The molecule has 0 saturated carbocycles. The molecule has 1 rings (SSSR count). The summed E-state index contributed by atoms with van der Waals surface area (Å²) in [4.78, 5) is 11.2. The van der Waals surface area contributed by atoms with Crippen LogP contribution in [0.1, 0.15) is 5.56 Å². The van der Waals surface area contributed by atoms with E-state index < -0.39 is 0 Å². The molecular formula is C10H14N2O2. The van der Waals surface area contributed by atoms with Crippen LogP contribution in [0.2, 0.25) is 0 Å². The molecule has 0 aliphatic heterocycles. The largest absolute Gasteiger partial charge is 0.506 e. The van der Waals surface area contributed by atoms with E-state index in [4.69, 9.17) is 0 Å². The van der Waals surface area contributed by atoms with E-state index >= 15 is 0 Å². The van der Waals surface area contributed by atoms with Crippen LogP contribution >= 0.6 is 0 Å². The van der Waals surface area contributed by atoms with E-state index in [2.05, 4.69) is 10.6 Å². The minimum atomic E-state index is -0.173. The van der Waals surface area contributed by atoms with Crippen LogP contribution in [-0.2, 0) is 4.79 Å². The van der Waals surface area contributed by atoms with Gasteiger partial charge in [0.15, 0.2) is 0 Å². The van der Waals surface area contributed by atoms with Crippen molar-refractivity contribution in [2.24, 2.45) is 0 Å². The van der Waals surface area contributed by atoms with Gasteiger partial charge < -0.3 is 15.7 Å². The van der Waals surface area contributed by atoms with Gasteiger partial charge in [0.25, 0.3) is 0 Å². The Morgan fingerprint density at radius 3 is 2.86 bits per heavy atom. The van der Waals surface area contributed by atoms with Crippen LogP contribution in [0.15, 0.2) is 18.2 Å². The third-order valence-electron chi connectivity index (χ3n) is 1.76. The van der Waals surface area contributed by atoms with E-state index in [1.807, 2.05) is 6.92 Å². The Labute approximate surface area is 82.9 Å². The Morgan fingerprint density at radius 2 is 2.21 bits per heavy atom. The van der Waals surface area contributed by atoms with Gasteiger partial charge in [-0.15, -0.1) is 0 Å². The predicted octanol–water partition coefficient (Wildman–Crippen LogP) is 0.859. The van der Waals surface area contributed by atoms with Gasteiger partial charge in [-0.25, -0.2) is 0 Å². The lowest BCUT2D eigenvalue weighted by atomic mass is 10.2. The molecule has 1 amide bonds. The lowest BCUT2D eigenvalue weighted by Gasteiger charge is -2.07. The predicted molar refractivity (Wildman–Crippen MR) is 55.4 cm³/mol. The van der Waals surface area contributed by atoms with Gasteiger partial charge in [0, 0.05) is 0 Å². The van der Waals surface area contributed by atoms with Crippen LogP contribution < -0.4 is 10.6 Å². The number of hydrogen-bond acceptors (Lipinski definition) is 3. The van der Waals surface area contributed by atoms with Gasteiger partial charge in [-0.05, 0) is 31.7 Å². The number of benzene rings is 1. The summed E-state index contributed by atoms with van der Waals surface area (Å²) in [6.07, 6.45) is 0. The van der Waals surface area contributed by atoms with Gasteiger partial charge in [0.1, 0.15) is 5.75 Å². The summed E-state index contributed by atoms with van der Waals surface area (Å²) in [5, 5.41) is 14.7. The molecule has 1 aromatic rings. The molecule has 0 heterocycles. The highest BCUT2D eigenvalue weighted by Crippen LogP contribution is 2.23. The Morgan fingerprint density at radius 1 is 1.50 bits per heavy atom. The molecule has 4 heteroatoms. The molecule has 0 aliphatic carbocycles. The van der Waals surface area contributed by atoms with Crippen molar-refractivity contribution in [1.29, 1.82) is 0 Å². The SMILES string of the molecule is CNCC(=O)Nc1cc(C)ccc1O. The van der Waals surface area contributed by atoms with E-state index in [-0.39, 0.29) is 18.2 Å². The first kappa shape index (κ1) is 10.5. The highest BCUT2D eigenvalue weighted by atomic mass is 16.3. The third-order valence-corrected chi connectivity index (χ3v) is 1.76. The van der Waals surface area contributed by atoms with Gasteiger partial charge in [-0.1, -0.05) is 6.07 Å². The minimum Gasteiger partial charge on any atom is -0.506 e. The lowest BCUT2D eigenvalue weighted by molar-refractivity contribution is -0.115. The second-order valence-corrected chi connectivity index (χ2v) is 3.10. The number of carbonyl (C=O) groups excluding carboxylic acids is 1. The number of carbonyl (C=O) groups is 1. The summed E-state index contributed by atoms with van der Waals surface area (Å²) in [6, 6.07) is 5.07. The molecule has 4 nitrogen and oxygen atoms in total. The van der Waals surface area contributed by atoms with Crippen molar-refractivity contribution in [3.63, 3.8) is 0 Å². The van der Waals surface area contributed by atoms with Crippen LogP contribution in [0, 0.1) is 6.92 Å². The van der Waals surface area contributed by atoms with Gasteiger partial charge in [-0.3, -0.25) is 4.79 Å². The number of phenols is 1. The fourth-order valence-electron chi connectivity index (χ4n) is 1.10. The Bertz CT molecular complexity index is 337. The zero-order valence-corrected chi connectivity index (χ0v) is 8.29. The number of anilines is 1. The van der Waals surface area contributed by atoms with Crippen LogP contribution in [-0.4, -0.2) is 24.6 Å². The second-order valence-electron chi connectivity index (χ2n) is 3.10. The first-order valence-corrected chi connectivity index (χ1v) is 4.37. The summed E-state index contributed by atoms with van der Waals surface area (Å²) in [5.74, 6) is -0.0894. The maximum Gasteiger partial charge on any atom is 0.238 e. The normalized spacial score (nSPS) is 9.86. The number of hydrogen-bond donors (Lipinski definition) is 3. The highest BCUT2D eigenvalue weighted by molar-refractivity contribution is 5.93. The molecule has 76 valence electrons. The maximum absolute atomic E-state index is 11.2. The van der Waals surface area contributed by atoms with Crippen LogP contribution in [0.4, 0.5) is 5.69 Å². The van der Waals surface area contributed by atoms with Gasteiger partial charge in [0.2, 0.25) is 5.91 Å². The van der Waals surface area contributed by atoms with Gasteiger partial charge >= 0.3 is 0 Å². The first-order valence-electron chi connectivity index (χ1n) is 4.37. The van der Waals surface area contributed by atoms with Crippen molar-refractivity contribution >= 4 is 11.6 Å². The zero-order valence-electron chi connectivity index (χ0n) is 8.29. The number of nitrogens with one attached hydrogen (secondary N) is 2. The van der Waals surface area contributed by atoms with Crippen molar-refractivity contribution in [1.82, 2.24) is 5.32 Å². The summed E-state index contributed by atoms with van der Waals surface area (Å²) in [6.45, 7) is 2.13. The number of likely N-dealkylation sites (N-methyl/N-ethyl adjacent to an activating group) is 1. The van der Waals surface area contributed by atoms with Crippen LogP contribution in [0.3, 0.4) is 0 Å².